The summed E-state index contributed by atoms with van der Waals surface area (Å²) in [6.45, 7) is -0.237. The molecule has 0 spiro atoms. The summed E-state index contributed by atoms with van der Waals surface area (Å²) in [4.78, 5) is -0.297. The summed E-state index contributed by atoms with van der Waals surface area (Å²) in [6, 6.07) is 5.88. The summed E-state index contributed by atoms with van der Waals surface area (Å²) >= 11 is 0. The maximum Gasteiger partial charge on any atom is 0.250 e. The third-order valence-corrected chi connectivity index (χ3v) is 5.81. The lowest BCUT2D eigenvalue weighted by Gasteiger charge is -2.45. The predicted octanol–water partition coefficient (Wildman–Crippen LogP) is 0.0264. The van der Waals surface area contributed by atoms with Crippen molar-refractivity contribution >= 4 is 10.0 Å². The van der Waals surface area contributed by atoms with Gasteiger partial charge in [-0.05, 0) is 18.2 Å². The van der Waals surface area contributed by atoms with Gasteiger partial charge in [-0.25, -0.2) is 8.42 Å². The first-order valence-corrected chi connectivity index (χ1v) is 8.30. The van der Waals surface area contributed by atoms with Crippen LogP contribution in [0.2, 0.25) is 0 Å². The molecule has 1 aliphatic rings. The van der Waals surface area contributed by atoms with Crippen LogP contribution in [0.4, 0.5) is 0 Å². The van der Waals surface area contributed by atoms with Crippen molar-refractivity contribution in [1.29, 1.82) is 0 Å². The fraction of sp³-hybridized carbons (Fsp3) is 0.357. The van der Waals surface area contributed by atoms with Crippen LogP contribution in [0.3, 0.4) is 0 Å². The summed E-state index contributed by atoms with van der Waals surface area (Å²) in [5.74, 6) is -0.332. The van der Waals surface area contributed by atoms with Crippen LogP contribution in [0.5, 0.6) is 11.5 Å². The van der Waals surface area contributed by atoms with Crippen molar-refractivity contribution in [3.05, 3.63) is 36.2 Å². The molecular formula is C14H17N3O5S. The number of aromatic nitrogens is 2. The second kappa shape index (κ2) is 5.22. The minimum absolute atomic E-state index is 0.0565. The highest BCUT2D eigenvalue weighted by Crippen LogP contribution is 2.40. The molecule has 23 heavy (non-hydrogen) atoms. The standard InChI is InChI=1S/C14H17N3O5S/c1-16-12(6-7-15-16)14(19)8-17(9-14)23(20,21)13-10(18)4-3-5-11(13)22-2/h3-7,18-19H,8-9H2,1-2H3. The third-order valence-electron chi connectivity index (χ3n) is 3.95. The Morgan fingerprint density at radius 2 is 2.00 bits per heavy atom. The van der Waals surface area contributed by atoms with Crippen LogP contribution in [0.15, 0.2) is 35.4 Å². The molecule has 2 aromatic rings. The number of phenolic OH excluding ortho intramolecular Hbond substituents is 1. The van der Waals surface area contributed by atoms with Gasteiger partial charge in [0.25, 0.3) is 10.0 Å². The van der Waals surface area contributed by atoms with E-state index in [1.54, 1.807) is 13.1 Å². The van der Waals surface area contributed by atoms with Gasteiger partial charge in [-0.1, -0.05) is 6.07 Å². The van der Waals surface area contributed by atoms with Crippen molar-refractivity contribution in [3.8, 4) is 11.5 Å². The van der Waals surface area contributed by atoms with E-state index in [0.29, 0.717) is 5.69 Å². The zero-order chi connectivity index (χ0) is 16.8. The highest BCUT2D eigenvalue weighted by molar-refractivity contribution is 7.89. The molecule has 0 aliphatic carbocycles. The largest absolute Gasteiger partial charge is 0.506 e. The number of sulfonamides is 1. The number of aromatic hydroxyl groups is 1. The second-order valence-electron chi connectivity index (χ2n) is 5.45. The summed E-state index contributed by atoms with van der Waals surface area (Å²) in [7, 11) is -0.976. The Morgan fingerprint density at radius 3 is 2.57 bits per heavy atom. The Balaban J connectivity index is 1.92. The molecule has 0 saturated carbocycles. The molecule has 9 heteroatoms. The van der Waals surface area contributed by atoms with Crippen molar-refractivity contribution in [2.45, 2.75) is 10.5 Å². The number of phenols is 1. The minimum atomic E-state index is -3.98. The normalized spacial score (nSPS) is 17.7. The summed E-state index contributed by atoms with van der Waals surface area (Å²) in [6.07, 6.45) is 1.54. The number of rotatable bonds is 4. The van der Waals surface area contributed by atoms with E-state index >= 15 is 0 Å². The molecule has 1 aliphatic heterocycles. The minimum Gasteiger partial charge on any atom is -0.506 e. The molecule has 2 heterocycles. The average Bonchev–Trinajstić information content (AvgIpc) is 2.89. The van der Waals surface area contributed by atoms with Crippen LogP contribution in [0.1, 0.15) is 5.69 Å². The lowest BCUT2D eigenvalue weighted by Crippen LogP contribution is -2.61. The molecule has 1 aromatic heterocycles. The van der Waals surface area contributed by atoms with E-state index in [2.05, 4.69) is 5.10 Å². The van der Waals surface area contributed by atoms with Crippen molar-refractivity contribution < 1.29 is 23.4 Å². The Hall–Kier alpha value is -2.10. The highest BCUT2D eigenvalue weighted by Gasteiger charge is 2.51. The van der Waals surface area contributed by atoms with Crippen LogP contribution >= 0.6 is 0 Å². The maximum atomic E-state index is 12.7. The molecule has 8 nitrogen and oxygen atoms in total. The van der Waals surface area contributed by atoms with Crippen LogP contribution in [-0.4, -0.2) is 52.9 Å². The van der Waals surface area contributed by atoms with Crippen molar-refractivity contribution in [1.82, 2.24) is 14.1 Å². The lowest BCUT2D eigenvalue weighted by atomic mass is 9.93. The Bertz CT molecular complexity index is 840. The van der Waals surface area contributed by atoms with Gasteiger partial charge in [0.05, 0.1) is 12.8 Å². The van der Waals surface area contributed by atoms with E-state index < -0.39 is 15.6 Å². The molecule has 0 atom stereocenters. The number of β-amino-alcohol motifs (C(OH)–C–C–N with tert-alkyl or cyclic N) is 1. The van der Waals surface area contributed by atoms with Gasteiger partial charge in [-0.2, -0.15) is 9.40 Å². The predicted molar refractivity (Wildman–Crippen MR) is 80.5 cm³/mol. The van der Waals surface area contributed by atoms with Crippen LogP contribution in [0.25, 0.3) is 0 Å². The quantitative estimate of drug-likeness (QED) is 0.814. The lowest BCUT2D eigenvalue weighted by molar-refractivity contribution is -0.0708. The summed E-state index contributed by atoms with van der Waals surface area (Å²) < 4.78 is 33.1. The first kappa shape index (κ1) is 15.8. The highest BCUT2D eigenvalue weighted by atomic mass is 32.2. The van der Waals surface area contributed by atoms with Crippen LogP contribution in [-0.2, 0) is 22.7 Å². The zero-order valence-electron chi connectivity index (χ0n) is 12.7. The van der Waals surface area contributed by atoms with Crippen molar-refractivity contribution in [3.63, 3.8) is 0 Å². The van der Waals surface area contributed by atoms with Crippen LogP contribution in [0, 0.1) is 0 Å². The SMILES string of the molecule is COc1cccc(O)c1S(=O)(=O)N1CC(O)(c2ccnn2C)C1. The molecule has 3 rings (SSSR count). The molecule has 2 N–H and O–H groups in total. The Morgan fingerprint density at radius 1 is 1.30 bits per heavy atom. The second-order valence-corrected chi connectivity index (χ2v) is 7.33. The number of nitrogens with zero attached hydrogens (tertiary/aromatic N) is 3. The fourth-order valence-corrected chi connectivity index (χ4v) is 4.52. The van der Waals surface area contributed by atoms with Gasteiger partial charge in [0.2, 0.25) is 0 Å². The maximum absolute atomic E-state index is 12.7. The molecule has 0 radical (unpaired) electrons. The van der Waals surface area contributed by atoms with Gasteiger partial charge < -0.3 is 14.9 Å². The number of hydrogen-bond acceptors (Lipinski definition) is 6. The number of methoxy groups -OCH3 is 1. The first-order chi connectivity index (χ1) is 10.8. The van der Waals surface area contributed by atoms with E-state index in [-0.39, 0.29) is 29.5 Å². The average molecular weight is 339 g/mol. The number of aryl methyl sites for hydroxylation is 1. The molecule has 0 unspecified atom stereocenters. The molecular weight excluding hydrogens is 322 g/mol. The zero-order valence-corrected chi connectivity index (χ0v) is 13.5. The number of benzene rings is 1. The molecule has 1 aromatic carbocycles. The van der Waals surface area contributed by atoms with Gasteiger partial charge in [-0.15, -0.1) is 0 Å². The smallest absolute Gasteiger partial charge is 0.250 e. The van der Waals surface area contributed by atoms with Gasteiger partial charge in [0, 0.05) is 26.3 Å². The van der Waals surface area contributed by atoms with Gasteiger partial charge in [0.1, 0.15) is 17.1 Å². The van der Waals surface area contributed by atoms with Gasteiger partial charge >= 0.3 is 0 Å². The number of aliphatic hydroxyl groups is 1. The fourth-order valence-electron chi connectivity index (χ4n) is 2.75. The Labute approximate surface area is 133 Å². The first-order valence-electron chi connectivity index (χ1n) is 6.86. The van der Waals surface area contributed by atoms with E-state index in [1.165, 1.54) is 36.2 Å². The number of hydrogen-bond donors (Lipinski definition) is 2. The third kappa shape index (κ3) is 2.37. The molecule has 1 saturated heterocycles. The van der Waals surface area contributed by atoms with Gasteiger partial charge in [-0.3, -0.25) is 4.68 Å². The molecule has 0 bridgehead atoms. The number of ether oxygens (including phenoxy) is 1. The molecule has 0 amide bonds. The summed E-state index contributed by atoms with van der Waals surface area (Å²) in [5, 5.41) is 24.5. The summed E-state index contributed by atoms with van der Waals surface area (Å²) in [5.41, 5.74) is -0.760. The molecule has 1 fully saturated rings. The van der Waals surface area contributed by atoms with E-state index in [1.807, 2.05) is 0 Å². The van der Waals surface area contributed by atoms with Crippen molar-refractivity contribution in [2.24, 2.45) is 7.05 Å². The van der Waals surface area contributed by atoms with Gasteiger partial charge in [0.15, 0.2) is 4.90 Å². The Kier molecular flexibility index (Phi) is 3.58. The monoisotopic (exact) mass is 339 g/mol. The van der Waals surface area contributed by atoms with E-state index in [9.17, 15) is 18.6 Å². The van der Waals surface area contributed by atoms with E-state index in [0.717, 1.165) is 4.31 Å². The topological polar surface area (TPSA) is 105 Å². The van der Waals surface area contributed by atoms with Crippen molar-refractivity contribution in [2.75, 3.05) is 20.2 Å². The van der Waals surface area contributed by atoms with E-state index in [4.69, 9.17) is 4.74 Å². The molecule has 124 valence electrons. The van der Waals surface area contributed by atoms with Crippen LogP contribution < -0.4 is 4.74 Å².